The molecule has 4 aliphatic rings. The highest BCUT2D eigenvalue weighted by molar-refractivity contribution is 5.63. The summed E-state index contributed by atoms with van der Waals surface area (Å²) < 4.78 is 12.0. The number of benzene rings is 1. The maximum atomic E-state index is 10.8. The number of likely N-dealkylation sites (N-methyl/N-ethyl adjacent to an activating group) is 1. The summed E-state index contributed by atoms with van der Waals surface area (Å²) in [4.78, 5) is 11.5. The quantitative estimate of drug-likeness (QED) is 0.794. The SMILES string of the molecule is CC(=O)O.COc1ccc2c3c1O[C@H]1CC[C@@H](O)[C@H]4[C@@H](C2)N(C)CC[C@@]341. The number of aliphatic carboxylic acids is 1. The van der Waals surface area contributed by atoms with Crippen LogP contribution in [0.25, 0.3) is 0 Å². The first-order chi connectivity index (χ1) is 12.4. The van der Waals surface area contributed by atoms with Gasteiger partial charge in [-0.05, 0) is 50.9 Å². The van der Waals surface area contributed by atoms with Gasteiger partial charge in [-0.15, -0.1) is 0 Å². The van der Waals surface area contributed by atoms with Crippen LogP contribution in [0.2, 0.25) is 0 Å². The first-order valence-electron chi connectivity index (χ1n) is 9.35. The lowest BCUT2D eigenvalue weighted by Gasteiger charge is -2.59. The van der Waals surface area contributed by atoms with E-state index in [1.807, 2.05) is 0 Å². The third-order valence-electron chi connectivity index (χ3n) is 6.75. The van der Waals surface area contributed by atoms with E-state index in [9.17, 15) is 5.11 Å². The molecule has 1 aromatic carbocycles. The summed E-state index contributed by atoms with van der Waals surface area (Å²) in [5.41, 5.74) is 2.77. The molecule has 26 heavy (non-hydrogen) atoms. The molecule has 6 nitrogen and oxygen atoms in total. The Bertz CT molecular complexity index is 731. The smallest absolute Gasteiger partial charge is 0.300 e. The number of aliphatic hydroxyl groups is 1. The van der Waals surface area contributed by atoms with E-state index in [1.54, 1.807) is 7.11 Å². The Morgan fingerprint density at radius 1 is 1.38 bits per heavy atom. The van der Waals surface area contributed by atoms with Gasteiger partial charge in [0.15, 0.2) is 11.5 Å². The van der Waals surface area contributed by atoms with Crippen molar-refractivity contribution in [1.82, 2.24) is 4.90 Å². The average molecular weight is 361 g/mol. The molecule has 0 aromatic heterocycles. The van der Waals surface area contributed by atoms with Gasteiger partial charge in [0, 0.05) is 29.9 Å². The second kappa shape index (κ2) is 6.13. The van der Waals surface area contributed by atoms with Crippen LogP contribution in [-0.4, -0.2) is 60.0 Å². The van der Waals surface area contributed by atoms with Gasteiger partial charge in [-0.2, -0.15) is 0 Å². The number of rotatable bonds is 1. The van der Waals surface area contributed by atoms with Gasteiger partial charge in [0.25, 0.3) is 5.97 Å². The van der Waals surface area contributed by atoms with Crippen molar-refractivity contribution >= 4 is 5.97 Å². The second-order valence-electron chi connectivity index (χ2n) is 7.97. The molecule has 1 spiro atoms. The Hall–Kier alpha value is -1.79. The summed E-state index contributed by atoms with van der Waals surface area (Å²) in [6, 6.07) is 4.70. The van der Waals surface area contributed by atoms with Gasteiger partial charge in [0.05, 0.1) is 13.2 Å². The van der Waals surface area contributed by atoms with Crippen molar-refractivity contribution in [2.75, 3.05) is 20.7 Å². The van der Waals surface area contributed by atoms with E-state index >= 15 is 0 Å². The summed E-state index contributed by atoms with van der Waals surface area (Å²) in [7, 11) is 3.92. The number of ether oxygens (including phenoxy) is 2. The fourth-order valence-electron chi connectivity index (χ4n) is 5.88. The van der Waals surface area contributed by atoms with Gasteiger partial charge >= 0.3 is 0 Å². The molecular weight excluding hydrogens is 334 g/mol. The van der Waals surface area contributed by atoms with E-state index in [2.05, 4.69) is 24.1 Å². The number of carboxylic acids is 1. The lowest BCUT2D eigenvalue weighted by atomic mass is 9.51. The standard InChI is InChI=1S/C18H23NO3.C2H4O2/c1-19-8-7-18-14-6-4-12(20)16(18)11(19)9-10-3-5-13(21-2)17(22-14)15(10)18;1-2(3)4/h3,5,11-12,14,16,20H,4,6-9H2,1-2H3;1H3,(H,3,4)/t11-,12-,14+,16-,18-;/m1./s1. The summed E-state index contributed by atoms with van der Waals surface area (Å²) >= 11 is 0. The van der Waals surface area contributed by atoms with Crippen molar-refractivity contribution in [3.8, 4) is 11.5 Å². The number of hydrogen-bond acceptors (Lipinski definition) is 5. The second-order valence-corrected chi connectivity index (χ2v) is 7.97. The molecule has 2 bridgehead atoms. The number of piperidine rings is 1. The molecule has 0 unspecified atom stereocenters. The molecule has 1 aromatic rings. The first-order valence-corrected chi connectivity index (χ1v) is 9.35. The highest BCUT2D eigenvalue weighted by Gasteiger charge is 2.65. The van der Waals surface area contributed by atoms with Gasteiger partial charge in [-0.3, -0.25) is 4.79 Å². The van der Waals surface area contributed by atoms with Gasteiger partial charge in [0.1, 0.15) is 6.10 Å². The summed E-state index contributed by atoms with van der Waals surface area (Å²) in [6.07, 6.45) is 3.90. The van der Waals surface area contributed by atoms with Crippen LogP contribution in [0.15, 0.2) is 12.1 Å². The Morgan fingerprint density at radius 3 is 2.81 bits per heavy atom. The van der Waals surface area contributed by atoms with Gasteiger partial charge < -0.3 is 24.6 Å². The van der Waals surface area contributed by atoms with E-state index in [1.165, 1.54) is 11.1 Å². The molecule has 2 heterocycles. The normalized spacial score (nSPS) is 36.3. The number of methoxy groups -OCH3 is 1. The van der Waals surface area contributed by atoms with Crippen LogP contribution >= 0.6 is 0 Å². The van der Waals surface area contributed by atoms with Crippen molar-refractivity contribution in [2.24, 2.45) is 5.92 Å². The van der Waals surface area contributed by atoms with E-state index in [0.717, 1.165) is 50.7 Å². The molecule has 5 rings (SSSR count). The van der Waals surface area contributed by atoms with Crippen LogP contribution in [0.4, 0.5) is 0 Å². The first kappa shape index (κ1) is 17.6. The van der Waals surface area contributed by atoms with Crippen LogP contribution in [-0.2, 0) is 16.6 Å². The Labute approximate surface area is 153 Å². The molecule has 5 atom stereocenters. The summed E-state index contributed by atoms with van der Waals surface area (Å²) in [6.45, 7) is 2.17. The molecule has 142 valence electrons. The molecule has 6 heteroatoms. The average Bonchev–Trinajstić information content (AvgIpc) is 2.93. The highest BCUT2D eigenvalue weighted by atomic mass is 16.5. The number of nitrogens with zero attached hydrogens (tertiary/aromatic N) is 1. The molecule has 2 aliphatic carbocycles. The molecule has 2 aliphatic heterocycles. The van der Waals surface area contributed by atoms with E-state index in [-0.39, 0.29) is 17.6 Å². The molecule has 2 fully saturated rings. The molecule has 0 amide bonds. The fourth-order valence-corrected chi connectivity index (χ4v) is 5.88. The van der Waals surface area contributed by atoms with Crippen molar-refractivity contribution in [2.45, 2.75) is 56.3 Å². The van der Waals surface area contributed by atoms with Crippen LogP contribution in [0.3, 0.4) is 0 Å². The van der Waals surface area contributed by atoms with Crippen molar-refractivity contribution < 1.29 is 24.5 Å². The summed E-state index contributed by atoms with van der Waals surface area (Å²) in [5.74, 6) is 1.28. The maximum Gasteiger partial charge on any atom is 0.300 e. The zero-order chi connectivity index (χ0) is 18.6. The van der Waals surface area contributed by atoms with E-state index in [4.69, 9.17) is 19.4 Å². The third-order valence-corrected chi connectivity index (χ3v) is 6.75. The Kier molecular flexibility index (Phi) is 4.15. The minimum Gasteiger partial charge on any atom is -0.493 e. The monoisotopic (exact) mass is 361 g/mol. The Morgan fingerprint density at radius 2 is 2.12 bits per heavy atom. The number of likely N-dealkylation sites (tertiary alicyclic amines) is 1. The van der Waals surface area contributed by atoms with Crippen LogP contribution in [0.1, 0.15) is 37.3 Å². The third kappa shape index (κ3) is 2.28. The number of carboxylic acid groups (broad SMARTS) is 1. The number of carbonyl (C=O) groups is 1. The predicted octanol–water partition coefficient (Wildman–Crippen LogP) is 1.82. The van der Waals surface area contributed by atoms with Crippen molar-refractivity contribution in [3.05, 3.63) is 23.3 Å². The van der Waals surface area contributed by atoms with Crippen molar-refractivity contribution in [1.29, 1.82) is 0 Å². The lowest BCUT2D eigenvalue weighted by Crippen LogP contribution is -2.67. The molecule has 1 saturated carbocycles. The van der Waals surface area contributed by atoms with Gasteiger partial charge in [0.2, 0.25) is 0 Å². The van der Waals surface area contributed by atoms with Gasteiger partial charge in [-0.1, -0.05) is 6.07 Å². The van der Waals surface area contributed by atoms with Crippen LogP contribution in [0, 0.1) is 5.92 Å². The molecule has 0 radical (unpaired) electrons. The number of aliphatic hydroxyl groups excluding tert-OH is 1. The minimum atomic E-state index is -0.833. The zero-order valence-corrected chi connectivity index (χ0v) is 15.6. The zero-order valence-electron chi connectivity index (χ0n) is 15.6. The lowest BCUT2D eigenvalue weighted by molar-refractivity contribution is -0.134. The highest BCUT2D eigenvalue weighted by Crippen LogP contribution is 2.63. The molecular formula is C20H27NO5. The van der Waals surface area contributed by atoms with Gasteiger partial charge in [-0.25, -0.2) is 0 Å². The Balaban J connectivity index is 0.000000385. The largest absolute Gasteiger partial charge is 0.493 e. The fraction of sp³-hybridized carbons (Fsp3) is 0.650. The van der Waals surface area contributed by atoms with Crippen molar-refractivity contribution in [3.63, 3.8) is 0 Å². The maximum absolute atomic E-state index is 10.8. The van der Waals surface area contributed by atoms with E-state index in [0.29, 0.717) is 12.0 Å². The minimum absolute atomic E-state index is 0.00625. The van der Waals surface area contributed by atoms with E-state index < -0.39 is 5.97 Å². The molecule has 2 N–H and O–H groups in total. The topological polar surface area (TPSA) is 79.2 Å². The van der Waals surface area contributed by atoms with Crippen LogP contribution < -0.4 is 9.47 Å². The predicted molar refractivity (Wildman–Crippen MR) is 95.9 cm³/mol. The molecule has 1 saturated heterocycles. The van der Waals surface area contributed by atoms with Crippen LogP contribution in [0.5, 0.6) is 11.5 Å². The summed E-state index contributed by atoms with van der Waals surface area (Å²) in [5, 5.41) is 18.2. The number of hydrogen-bond donors (Lipinski definition) is 2.